The Morgan fingerprint density at radius 3 is 2.78 bits per heavy atom. The Balaban J connectivity index is 2.09. The van der Waals surface area contributed by atoms with E-state index in [2.05, 4.69) is 20.9 Å². The van der Waals surface area contributed by atoms with Gasteiger partial charge in [0.1, 0.15) is 0 Å². The van der Waals surface area contributed by atoms with Crippen molar-refractivity contribution in [2.45, 2.75) is 0 Å². The fourth-order valence-corrected chi connectivity index (χ4v) is 1.52. The van der Waals surface area contributed by atoms with Gasteiger partial charge in [-0.05, 0) is 46.3 Å². The maximum atomic E-state index is 10.8. The molecule has 0 bridgehead atoms. The van der Waals surface area contributed by atoms with Crippen molar-refractivity contribution in [2.24, 2.45) is 0 Å². The summed E-state index contributed by atoms with van der Waals surface area (Å²) in [5.41, 5.74) is 0.126. The Bertz CT molecular complexity index is 574. The van der Waals surface area contributed by atoms with Crippen LogP contribution < -0.4 is 9.78 Å². The number of carbonyl (C=O) groups is 1. The molecule has 0 atom stereocenters. The van der Waals surface area contributed by atoms with Crippen molar-refractivity contribution in [2.75, 3.05) is 0 Å². The predicted molar refractivity (Wildman–Crippen MR) is 66.6 cm³/mol. The molecule has 0 spiro atoms. The first-order chi connectivity index (χ1) is 8.66. The summed E-state index contributed by atoms with van der Waals surface area (Å²) in [6.07, 6.45) is 1.60. The Morgan fingerprint density at radius 1 is 1.22 bits per heavy atom. The average Bonchev–Trinajstić information content (AvgIpc) is 2.38. The van der Waals surface area contributed by atoms with Gasteiger partial charge in [-0.2, -0.15) is 0 Å². The lowest BCUT2D eigenvalue weighted by Crippen LogP contribution is -2.03. The molecule has 0 radical (unpaired) electrons. The molecule has 18 heavy (non-hydrogen) atoms. The van der Waals surface area contributed by atoms with Gasteiger partial charge in [0.2, 0.25) is 5.75 Å². The minimum Gasteiger partial charge on any atom is -0.478 e. The highest BCUT2D eigenvalue weighted by molar-refractivity contribution is 9.10. The van der Waals surface area contributed by atoms with Gasteiger partial charge in [-0.15, -0.1) is 0 Å². The summed E-state index contributed by atoms with van der Waals surface area (Å²) >= 11 is 3.20. The minimum absolute atomic E-state index is 0.126. The average molecular weight is 310 g/mol. The van der Waals surface area contributed by atoms with E-state index in [1.807, 2.05) is 0 Å². The fraction of sp³-hybridized carbons (Fsp3) is 0. The minimum atomic E-state index is -1.02. The van der Waals surface area contributed by atoms with Gasteiger partial charge in [-0.3, -0.25) is 9.78 Å². The number of pyridine rings is 1. The smallest absolute Gasteiger partial charge is 0.335 e. The van der Waals surface area contributed by atoms with Crippen LogP contribution in [0, 0.1) is 0 Å². The molecule has 92 valence electrons. The van der Waals surface area contributed by atoms with Crippen LogP contribution in [0.5, 0.6) is 11.5 Å². The number of nitrogens with zero attached hydrogens (tertiary/aromatic N) is 1. The summed E-state index contributed by atoms with van der Waals surface area (Å²) in [5.74, 6) is -0.327. The lowest BCUT2D eigenvalue weighted by Gasteiger charge is -2.06. The molecular weight excluding hydrogens is 302 g/mol. The molecule has 1 heterocycles. The zero-order valence-corrected chi connectivity index (χ0v) is 10.6. The second kappa shape index (κ2) is 5.50. The summed E-state index contributed by atoms with van der Waals surface area (Å²) in [4.78, 5) is 24.8. The van der Waals surface area contributed by atoms with Crippen molar-refractivity contribution < 1.29 is 19.7 Å². The van der Waals surface area contributed by atoms with Crippen LogP contribution in [-0.4, -0.2) is 16.1 Å². The van der Waals surface area contributed by atoms with Crippen molar-refractivity contribution in [1.29, 1.82) is 0 Å². The Morgan fingerprint density at radius 2 is 2.06 bits per heavy atom. The Labute approximate surface area is 111 Å². The monoisotopic (exact) mass is 309 g/mol. The van der Waals surface area contributed by atoms with Crippen LogP contribution in [0.1, 0.15) is 10.4 Å². The molecule has 0 aliphatic rings. The van der Waals surface area contributed by atoms with Crippen LogP contribution in [0.25, 0.3) is 0 Å². The van der Waals surface area contributed by atoms with Crippen LogP contribution in [0.4, 0.5) is 0 Å². The molecule has 0 saturated heterocycles. The Hall–Kier alpha value is -2.08. The van der Waals surface area contributed by atoms with Crippen molar-refractivity contribution >= 4 is 21.9 Å². The van der Waals surface area contributed by atoms with E-state index in [-0.39, 0.29) is 5.56 Å². The highest BCUT2D eigenvalue weighted by Crippen LogP contribution is 2.22. The third-order valence-corrected chi connectivity index (χ3v) is 2.63. The van der Waals surface area contributed by atoms with Crippen LogP contribution >= 0.6 is 15.9 Å². The first-order valence-corrected chi connectivity index (χ1v) is 5.74. The molecule has 2 rings (SSSR count). The molecule has 1 aromatic heterocycles. The van der Waals surface area contributed by atoms with Crippen molar-refractivity contribution in [3.05, 3.63) is 52.8 Å². The van der Waals surface area contributed by atoms with Crippen molar-refractivity contribution in [1.82, 2.24) is 4.98 Å². The van der Waals surface area contributed by atoms with E-state index in [0.29, 0.717) is 16.1 Å². The van der Waals surface area contributed by atoms with Crippen LogP contribution in [0.3, 0.4) is 0 Å². The second-order valence-corrected chi connectivity index (χ2v) is 4.04. The van der Waals surface area contributed by atoms with Crippen LogP contribution in [0.2, 0.25) is 0 Å². The van der Waals surface area contributed by atoms with Crippen LogP contribution in [0.15, 0.2) is 47.2 Å². The van der Waals surface area contributed by atoms with E-state index in [9.17, 15) is 4.79 Å². The highest BCUT2D eigenvalue weighted by atomic mass is 79.9. The second-order valence-electron chi connectivity index (χ2n) is 3.29. The molecule has 0 unspecified atom stereocenters. The van der Waals surface area contributed by atoms with Gasteiger partial charge >= 0.3 is 5.97 Å². The van der Waals surface area contributed by atoms with Gasteiger partial charge < -0.3 is 5.11 Å². The SMILES string of the molecule is O=C(O)c1cccc(OOc2cccnc2Br)c1. The van der Waals surface area contributed by atoms with Gasteiger partial charge in [0.25, 0.3) is 0 Å². The zero-order chi connectivity index (χ0) is 13.0. The van der Waals surface area contributed by atoms with E-state index in [1.54, 1.807) is 30.5 Å². The molecular formula is C12H8BrNO4. The number of carboxylic acids is 1. The molecule has 0 aliphatic carbocycles. The molecule has 0 fully saturated rings. The largest absolute Gasteiger partial charge is 0.478 e. The molecule has 5 nitrogen and oxygen atoms in total. The lowest BCUT2D eigenvalue weighted by molar-refractivity contribution is -0.101. The first-order valence-electron chi connectivity index (χ1n) is 4.95. The molecule has 0 aliphatic heterocycles. The summed E-state index contributed by atoms with van der Waals surface area (Å²) in [6, 6.07) is 9.36. The van der Waals surface area contributed by atoms with E-state index < -0.39 is 5.97 Å². The highest BCUT2D eigenvalue weighted by Gasteiger charge is 2.06. The number of halogens is 1. The number of carboxylic acid groups (broad SMARTS) is 1. The van der Waals surface area contributed by atoms with Gasteiger partial charge in [-0.25, -0.2) is 9.78 Å². The van der Waals surface area contributed by atoms with E-state index in [1.165, 1.54) is 12.1 Å². The van der Waals surface area contributed by atoms with Gasteiger partial charge in [-0.1, -0.05) is 6.07 Å². The first kappa shape index (κ1) is 12.4. The third-order valence-electron chi connectivity index (χ3n) is 2.03. The number of aromatic carboxylic acids is 1. The maximum absolute atomic E-state index is 10.8. The molecule has 6 heteroatoms. The molecule has 1 aromatic carbocycles. The van der Waals surface area contributed by atoms with Crippen molar-refractivity contribution in [3.8, 4) is 11.5 Å². The maximum Gasteiger partial charge on any atom is 0.335 e. The molecule has 0 saturated carbocycles. The van der Waals surface area contributed by atoms with Crippen LogP contribution in [-0.2, 0) is 0 Å². The quantitative estimate of drug-likeness (QED) is 0.534. The number of hydrogen-bond donors (Lipinski definition) is 1. The fourth-order valence-electron chi connectivity index (χ4n) is 1.21. The lowest BCUT2D eigenvalue weighted by atomic mass is 10.2. The van der Waals surface area contributed by atoms with E-state index in [0.717, 1.165) is 0 Å². The molecule has 0 amide bonds. The number of benzene rings is 1. The summed E-state index contributed by atoms with van der Waals surface area (Å²) < 4.78 is 0.499. The van der Waals surface area contributed by atoms with E-state index >= 15 is 0 Å². The normalized spacial score (nSPS) is 9.83. The zero-order valence-electron chi connectivity index (χ0n) is 9.04. The summed E-state index contributed by atoms with van der Waals surface area (Å²) in [6.45, 7) is 0. The number of aromatic nitrogens is 1. The van der Waals surface area contributed by atoms with Gasteiger partial charge in [0.15, 0.2) is 10.4 Å². The van der Waals surface area contributed by atoms with Gasteiger partial charge in [0.05, 0.1) is 5.56 Å². The Kier molecular flexibility index (Phi) is 3.78. The topological polar surface area (TPSA) is 68.7 Å². The van der Waals surface area contributed by atoms with Crippen molar-refractivity contribution in [3.63, 3.8) is 0 Å². The summed E-state index contributed by atoms with van der Waals surface area (Å²) in [7, 11) is 0. The molecule has 2 aromatic rings. The van der Waals surface area contributed by atoms with E-state index in [4.69, 9.17) is 14.9 Å². The number of rotatable bonds is 4. The predicted octanol–water partition coefficient (Wildman–Crippen LogP) is 2.92. The third kappa shape index (κ3) is 2.98. The molecule has 1 N–H and O–H groups in total. The number of hydrogen-bond acceptors (Lipinski definition) is 4. The standard InChI is InChI=1S/C12H8BrNO4/c13-11-10(5-2-6-14-11)18-17-9-4-1-3-8(7-9)12(15)16/h1-7H,(H,15,16). The van der Waals surface area contributed by atoms with Gasteiger partial charge in [0, 0.05) is 6.20 Å². The summed E-state index contributed by atoms with van der Waals surface area (Å²) in [5, 5.41) is 8.82.